The number of H-pyrrole nitrogens is 1. The number of amides is 1. The van der Waals surface area contributed by atoms with Crippen molar-refractivity contribution in [3.63, 3.8) is 0 Å². The third-order valence-corrected chi connectivity index (χ3v) is 7.41. The highest BCUT2D eigenvalue weighted by atomic mass is 32.2. The van der Waals surface area contributed by atoms with Crippen LogP contribution in [0, 0.1) is 0 Å². The van der Waals surface area contributed by atoms with E-state index >= 15 is 0 Å². The van der Waals surface area contributed by atoms with Gasteiger partial charge in [-0.3, -0.25) is 4.79 Å². The number of carbonyl (C=O) groups is 1. The molecule has 1 atom stereocenters. The number of imidazole rings is 1. The first kappa shape index (κ1) is 18.6. The van der Waals surface area contributed by atoms with Gasteiger partial charge in [-0.1, -0.05) is 36.0 Å². The number of carbonyl (C=O) groups excluding carboxylic acids is 1. The molecule has 3 heterocycles. The Morgan fingerprint density at radius 3 is 2.83 bits per heavy atom. The zero-order valence-corrected chi connectivity index (χ0v) is 17.6. The predicted molar refractivity (Wildman–Crippen MR) is 119 cm³/mol. The monoisotopic (exact) mass is 422 g/mol. The quantitative estimate of drug-likeness (QED) is 0.333. The number of likely N-dealkylation sites (tertiary alicyclic amines) is 1. The van der Waals surface area contributed by atoms with Crippen LogP contribution in [0.3, 0.4) is 0 Å². The Morgan fingerprint density at radius 2 is 1.97 bits per heavy atom. The lowest BCUT2D eigenvalue weighted by Crippen LogP contribution is -2.30. The van der Waals surface area contributed by atoms with Crippen molar-refractivity contribution in [3.8, 4) is 0 Å². The molecule has 1 saturated heterocycles. The van der Waals surface area contributed by atoms with Crippen molar-refractivity contribution in [2.45, 2.75) is 36.9 Å². The lowest BCUT2D eigenvalue weighted by molar-refractivity contribution is -0.132. The Bertz CT molecular complexity index is 1090. The summed E-state index contributed by atoms with van der Waals surface area (Å²) in [6, 6.07) is 16.4. The van der Waals surface area contributed by atoms with Crippen molar-refractivity contribution in [2.75, 3.05) is 12.3 Å². The first-order chi connectivity index (χ1) is 14.3. The van der Waals surface area contributed by atoms with Gasteiger partial charge in [0.25, 0.3) is 0 Å². The second-order valence-corrected chi connectivity index (χ2v) is 9.42. The van der Waals surface area contributed by atoms with E-state index in [-0.39, 0.29) is 11.9 Å². The van der Waals surface area contributed by atoms with Gasteiger partial charge >= 0.3 is 0 Å². The van der Waals surface area contributed by atoms with Crippen molar-refractivity contribution >= 4 is 50.3 Å². The van der Waals surface area contributed by atoms with Crippen LogP contribution in [0.15, 0.2) is 53.7 Å². The summed E-state index contributed by atoms with van der Waals surface area (Å²) in [5, 5.41) is 2.00. The van der Waals surface area contributed by atoms with Gasteiger partial charge in [0.15, 0.2) is 5.16 Å². The summed E-state index contributed by atoms with van der Waals surface area (Å²) in [7, 11) is 0. The van der Waals surface area contributed by atoms with E-state index < -0.39 is 0 Å². The van der Waals surface area contributed by atoms with E-state index in [0.29, 0.717) is 6.42 Å². The fourth-order valence-corrected chi connectivity index (χ4v) is 5.83. The first-order valence-corrected chi connectivity index (χ1v) is 11.8. The molecule has 1 unspecified atom stereocenters. The van der Waals surface area contributed by atoms with Crippen LogP contribution < -0.4 is 0 Å². The molecular weight excluding hydrogens is 400 g/mol. The number of rotatable bonds is 6. The zero-order valence-electron chi connectivity index (χ0n) is 16.0. The molecule has 29 heavy (non-hydrogen) atoms. The Kier molecular flexibility index (Phi) is 5.24. The number of benzene rings is 2. The normalized spacial score (nSPS) is 16.8. The molecule has 1 N–H and O–H groups in total. The number of thiazole rings is 1. The number of aromatic amines is 1. The summed E-state index contributed by atoms with van der Waals surface area (Å²) in [4.78, 5) is 27.6. The lowest BCUT2D eigenvalue weighted by Gasteiger charge is -2.23. The number of aromatic nitrogens is 3. The van der Waals surface area contributed by atoms with Crippen molar-refractivity contribution in [1.29, 1.82) is 0 Å². The molecule has 1 amide bonds. The van der Waals surface area contributed by atoms with Crippen molar-refractivity contribution in [1.82, 2.24) is 19.9 Å². The van der Waals surface area contributed by atoms with E-state index in [1.807, 2.05) is 47.4 Å². The summed E-state index contributed by atoms with van der Waals surface area (Å²) < 4.78 is 1.20. The second kappa shape index (κ2) is 8.16. The number of hydrogen-bond acceptors (Lipinski definition) is 5. The van der Waals surface area contributed by atoms with Crippen LogP contribution in [0.5, 0.6) is 0 Å². The highest BCUT2D eigenvalue weighted by Crippen LogP contribution is 2.36. The van der Waals surface area contributed by atoms with Crippen LogP contribution in [-0.4, -0.2) is 38.1 Å². The maximum Gasteiger partial charge on any atom is 0.223 e. The highest BCUT2D eigenvalue weighted by Gasteiger charge is 2.31. The maximum atomic E-state index is 12.9. The second-order valence-electron chi connectivity index (χ2n) is 7.28. The van der Waals surface area contributed by atoms with Gasteiger partial charge in [-0.15, -0.1) is 11.3 Å². The van der Waals surface area contributed by atoms with Crippen molar-refractivity contribution in [3.05, 3.63) is 53.5 Å². The van der Waals surface area contributed by atoms with Gasteiger partial charge in [-0.25, -0.2) is 9.97 Å². The largest absolute Gasteiger partial charge is 0.333 e. The molecule has 0 spiro atoms. The third-order valence-electron chi connectivity index (χ3n) is 5.31. The fourth-order valence-electron chi connectivity index (χ4n) is 3.89. The molecule has 1 fully saturated rings. The third kappa shape index (κ3) is 3.89. The van der Waals surface area contributed by atoms with Gasteiger partial charge in [0.1, 0.15) is 5.01 Å². The average molecular weight is 423 g/mol. The molecule has 5 rings (SSSR count). The smallest absolute Gasteiger partial charge is 0.223 e. The van der Waals surface area contributed by atoms with Crippen LogP contribution in [0.4, 0.5) is 0 Å². The summed E-state index contributed by atoms with van der Waals surface area (Å²) in [5.41, 5.74) is 3.08. The Morgan fingerprint density at radius 1 is 1.14 bits per heavy atom. The predicted octanol–water partition coefficient (Wildman–Crippen LogP) is 5.41. The molecule has 5 nitrogen and oxygen atoms in total. The zero-order chi connectivity index (χ0) is 19.6. The maximum absolute atomic E-state index is 12.9. The molecule has 1 aliphatic heterocycles. The number of nitrogens with one attached hydrogen (secondary N) is 1. The molecular formula is C22H22N4OS2. The summed E-state index contributed by atoms with van der Waals surface area (Å²) in [5.74, 6) is 1.13. The molecule has 0 radical (unpaired) electrons. The van der Waals surface area contributed by atoms with Gasteiger partial charge in [-0.2, -0.15) is 0 Å². The van der Waals surface area contributed by atoms with E-state index in [0.717, 1.165) is 58.3 Å². The Labute approximate surface area is 177 Å². The van der Waals surface area contributed by atoms with E-state index in [1.54, 1.807) is 23.1 Å². The molecule has 2 aromatic heterocycles. The minimum absolute atomic E-state index is 0.142. The first-order valence-electron chi connectivity index (χ1n) is 10.0. The van der Waals surface area contributed by atoms with Gasteiger partial charge < -0.3 is 9.88 Å². The number of fused-ring (bicyclic) bond motifs is 2. The van der Waals surface area contributed by atoms with Gasteiger partial charge in [0.2, 0.25) is 5.91 Å². The van der Waals surface area contributed by atoms with Crippen LogP contribution in [-0.2, 0) is 4.79 Å². The van der Waals surface area contributed by atoms with E-state index in [2.05, 4.69) is 16.0 Å². The van der Waals surface area contributed by atoms with Crippen LogP contribution >= 0.6 is 23.1 Å². The van der Waals surface area contributed by atoms with Gasteiger partial charge in [0.05, 0.1) is 27.3 Å². The molecule has 148 valence electrons. The summed E-state index contributed by atoms with van der Waals surface area (Å²) in [6.07, 6.45) is 3.50. The van der Waals surface area contributed by atoms with Crippen LogP contribution in [0.2, 0.25) is 0 Å². The van der Waals surface area contributed by atoms with Crippen molar-refractivity contribution in [2.24, 2.45) is 0 Å². The molecule has 7 heteroatoms. The lowest BCUT2D eigenvalue weighted by atomic mass is 10.2. The standard InChI is InChI=1S/C22H22N4OS2/c27-20(12-6-14-28-22-24-15-7-1-2-8-16(15)25-22)26-13-5-10-18(26)21-23-17-9-3-4-11-19(17)29-21/h1-4,7-9,11,18H,5-6,10,12-14H2,(H,24,25). The molecule has 0 saturated carbocycles. The number of thioether (sulfide) groups is 1. The minimum Gasteiger partial charge on any atom is -0.333 e. The molecule has 0 bridgehead atoms. The Balaban J connectivity index is 1.17. The minimum atomic E-state index is 0.142. The fraction of sp³-hybridized carbons (Fsp3) is 0.318. The topological polar surface area (TPSA) is 61.9 Å². The number of para-hydroxylation sites is 3. The SMILES string of the molecule is O=C(CCCSc1nc2ccccc2[nH]1)N1CCCC1c1nc2ccccc2s1. The molecule has 1 aliphatic rings. The number of hydrogen-bond donors (Lipinski definition) is 1. The van der Waals surface area contributed by atoms with Gasteiger partial charge in [0, 0.05) is 18.7 Å². The number of nitrogens with zero attached hydrogens (tertiary/aromatic N) is 3. The van der Waals surface area contributed by atoms with Crippen LogP contribution in [0.25, 0.3) is 21.3 Å². The Hall–Kier alpha value is -2.38. The summed E-state index contributed by atoms with van der Waals surface area (Å²) in [6.45, 7) is 0.843. The van der Waals surface area contributed by atoms with Gasteiger partial charge in [-0.05, 0) is 43.5 Å². The molecule has 4 aromatic rings. The van der Waals surface area contributed by atoms with E-state index in [9.17, 15) is 4.79 Å². The van der Waals surface area contributed by atoms with Crippen LogP contribution in [0.1, 0.15) is 36.7 Å². The molecule has 0 aliphatic carbocycles. The van der Waals surface area contributed by atoms with Crippen molar-refractivity contribution < 1.29 is 4.79 Å². The summed E-state index contributed by atoms with van der Waals surface area (Å²) >= 11 is 3.40. The highest BCUT2D eigenvalue weighted by molar-refractivity contribution is 7.99. The molecule has 2 aromatic carbocycles. The van der Waals surface area contributed by atoms with E-state index in [1.165, 1.54) is 4.70 Å². The average Bonchev–Trinajstić information content (AvgIpc) is 3.47. The van der Waals surface area contributed by atoms with E-state index in [4.69, 9.17) is 4.98 Å².